The highest BCUT2D eigenvalue weighted by molar-refractivity contribution is 7.09. The van der Waals surface area contributed by atoms with Gasteiger partial charge in [0.1, 0.15) is 0 Å². The second kappa shape index (κ2) is 5.89. The van der Waals surface area contributed by atoms with E-state index in [0.717, 1.165) is 6.42 Å². The topological polar surface area (TPSA) is 55.1 Å². The Morgan fingerprint density at radius 3 is 2.89 bits per heavy atom. The van der Waals surface area contributed by atoms with Gasteiger partial charge in [-0.1, -0.05) is 17.7 Å². The van der Waals surface area contributed by atoms with E-state index in [1.54, 1.807) is 29.5 Å². The first-order valence-electron chi connectivity index (χ1n) is 5.52. The van der Waals surface area contributed by atoms with Gasteiger partial charge in [0.15, 0.2) is 0 Å². The maximum absolute atomic E-state index is 11.8. The standard InChI is InChI=1S/C13H13ClN2OS/c14-11-8-9(3-4-12(11)15)13(17)16-6-5-10-2-1-7-18-10/h1-4,7-8H,5-6,15H2,(H,16,17). The first kappa shape index (κ1) is 12.9. The minimum atomic E-state index is -0.131. The summed E-state index contributed by atoms with van der Waals surface area (Å²) in [6.45, 7) is 0.612. The molecule has 0 aliphatic heterocycles. The van der Waals surface area contributed by atoms with E-state index >= 15 is 0 Å². The van der Waals surface area contributed by atoms with E-state index in [1.807, 2.05) is 11.4 Å². The number of hydrogen-bond acceptors (Lipinski definition) is 3. The van der Waals surface area contributed by atoms with Gasteiger partial charge in [0.05, 0.1) is 10.7 Å². The summed E-state index contributed by atoms with van der Waals surface area (Å²) >= 11 is 7.56. The van der Waals surface area contributed by atoms with Crippen molar-refractivity contribution >= 4 is 34.5 Å². The van der Waals surface area contributed by atoms with Crippen LogP contribution < -0.4 is 11.1 Å². The largest absolute Gasteiger partial charge is 0.398 e. The Hall–Kier alpha value is -1.52. The first-order valence-corrected chi connectivity index (χ1v) is 6.78. The molecule has 0 atom stereocenters. The molecule has 18 heavy (non-hydrogen) atoms. The van der Waals surface area contributed by atoms with Crippen LogP contribution in [0.2, 0.25) is 5.02 Å². The Kier molecular flexibility index (Phi) is 4.23. The molecule has 3 nitrogen and oxygen atoms in total. The van der Waals surface area contributed by atoms with Crippen molar-refractivity contribution in [2.24, 2.45) is 0 Å². The summed E-state index contributed by atoms with van der Waals surface area (Å²) in [5, 5.41) is 5.28. The van der Waals surface area contributed by atoms with Gasteiger partial charge >= 0.3 is 0 Å². The van der Waals surface area contributed by atoms with E-state index in [9.17, 15) is 4.79 Å². The third-order valence-corrected chi connectivity index (χ3v) is 3.76. The van der Waals surface area contributed by atoms with Gasteiger partial charge < -0.3 is 11.1 Å². The first-order chi connectivity index (χ1) is 8.66. The molecule has 0 aliphatic rings. The highest BCUT2D eigenvalue weighted by Gasteiger charge is 2.07. The molecule has 0 saturated heterocycles. The number of carbonyl (C=O) groups is 1. The lowest BCUT2D eigenvalue weighted by Crippen LogP contribution is -2.25. The number of amides is 1. The minimum Gasteiger partial charge on any atom is -0.398 e. The summed E-state index contributed by atoms with van der Waals surface area (Å²) in [6, 6.07) is 8.94. The SMILES string of the molecule is Nc1ccc(C(=O)NCCc2cccs2)cc1Cl. The van der Waals surface area contributed by atoms with E-state index in [0.29, 0.717) is 22.8 Å². The van der Waals surface area contributed by atoms with Gasteiger partial charge in [-0.25, -0.2) is 0 Å². The van der Waals surface area contributed by atoms with Crippen molar-refractivity contribution in [2.75, 3.05) is 12.3 Å². The van der Waals surface area contributed by atoms with Crippen LogP contribution in [0.1, 0.15) is 15.2 Å². The van der Waals surface area contributed by atoms with Gasteiger partial charge in [0.2, 0.25) is 0 Å². The molecule has 0 bridgehead atoms. The molecule has 1 aromatic heterocycles. The number of anilines is 1. The van der Waals surface area contributed by atoms with Crippen molar-refractivity contribution in [3.8, 4) is 0 Å². The Bertz CT molecular complexity index is 540. The summed E-state index contributed by atoms with van der Waals surface area (Å²) in [5.41, 5.74) is 6.60. The Balaban J connectivity index is 1.89. The maximum Gasteiger partial charge on any atom is 0.251 e. The van der Waals surface area contributed by atoms with Crippen LogP contribution in [0, 0.1) is 0 Å². The van der Waals surface area contributed by atoms with Crippen LogP contribution in [0.25, 0.3) is 0 Å². The van der Waals surface area contributed by atoms with Gasteiger partial charge in [0, 0.05) is 17.0 Å². The zero-order valence-electron chi connectivity index (χ0n) is 9.65. The molecule has 1 amide bonds. The van der Waals surface area contributed by atoms with E-state index in [2.05, 4.69) is 11.4 Å². The van der Waals surface area contributed by atoms with Crippen LogP contribution in [0.5, 0.6) is 0 Å². The van der Waals surface area contributed by atoms with Crippen molar-refractivity contribution < 1.29 is 4.79 Å². The number of nitrogens with one attached hydrogen (secondary N) is 1. The summed E-state index contributed by atoms with van der Waals surface area (Å²) in [4.78, 5) is 13.1. The number of halogens is 1. The maximum atomic E-state index is 11.8. The fraction of sp³-hybridized carbons (Fsp3) is 0.154. The molecule has 0 aliphatic carbocycles. The normalized spacial score (nSPS) is 10.3. The molecule has 0 spiro atoms. The summed E-state index contributed by atoms with van der Waals surface area (Å²) in [7, 11) is 0. The molecular weight excluding hydrogens is 268 g/mol. The van der Waals surface area contributed by atoms with Crippen molar-refractivity contribution in [1.29, 1.82) is 0 Å². The molecule has 2 rings (SSSR count). The van der Waals surface area contributed by atoms with Crippen LogP contribution >= 0.6 is 22.9 Å². The van der Waals surface area contributed by atoms with Gasteiger partial charge in [-0.3, -0.25) is 4.79 Å². The Morgan fingerprint density at radius 2 is 2.22 bits per heavy atom. The second-order valence-corrected chi connectivity index (χ2v) is 5.26. The van der Waals surface area contributed by atoms with E-state index in [4.69, 9.17) is 17.3 Å². The fourth-order valence-electron chi connectivity index (χ4n) is 1.52. The fourth-order valence-corrected chi connectivity index (χ4v) is 2.41. The lowest BCUT2D eigenvalue weighted by Gasteiger charge is -2.05. The average molecular weight is 281 g/mol. The van der Waals surface area contributed by atoms with Crippen LogP contribution in [-0.4, -0.2) is 12.5 Å². The molecule has 1 aromatic carbocycles. The smallest absolute Gasteiger partial charge is 0.251 e. The molecule has 1 heterocycles. The number of nitrogens with two attached hydrogens (primary N) is 1. The number of carbonyl (C=O) groups excluding carboxylic acids is 1. The van der Waals surface area contributed by atoms with Crippen molar-refractivity contribution in [1.82, 2.24) is 5.32 Å². The summed E-state index contributed by atoms with van der Waals surface area (Å²) in [6.07, 6.45) is 0.839. The van der Waals surface area contributed by atoms with Crippen LogP contribution in [0.4, 0.5) is 5.69 Å². The molecule has 94 valence electrons. The van der Waals surface area contributed by atoms with Crippen molar-refractivity contribution in [3.05, 3.63) is 51.2 Å². The number of benzene rings is 1. The summed E-state index contributed by atoms with van der Waals surface area (Å²) in [5.74, 6) is -0.131. The molecule has 0 radical (unpaired) electrons. The van der Waals surface area contributed by atoms with Crippen molar-refractivity contribution in [3.63, 3.8) is 0 Å². The molecular formula is C13H13ClN2OS. The molecule has 5 heteroatoms. The minimum absolute atomic E-state index is 0.131. The number of nitrogen functional groups attached to an aromatic ring is 1. The third kappa shape index (κ3) is 3.24. The quantitative estimate of drug-likeness (QED) is 0.846. The predicted molar refractivity (Wildman–Crippen MR) is 76.2 cm³/mol. The molecule has 0 fully saturated rings. The monoisotopic (exact) mass is 280 g/mol. The number of thiophene rings is 1. The van der Waals surface area contributed by atoms with Gasteiger partial charge in [-0.05, 0) is 36.1 Å². The Morgan fingerprint density at radius 1 is 1.39 bits per heavy atom. The van der Waals surface area contributed by atoms with E-state index in [1.165, 1.54) is 4.88 Å². The average Bonchev–Trinajstić information content (AvgIpc) is 2.85. The van der Waals surface area contributed by atoms with Crippen LogP contribution in [0.15, 0.2) is 35.7 Å². The lowest BCUT2D eigenvalue weighted by molar-refractivity contribution is 0.0954. The summed E-state index contributed by atoms with van der Waals surface area (Å²) < 4.78 is 0. The molecule has 0 saturated carbocycles. The zero-order valence-corrected chi connectivity index (χ0v) is 11.2. The molecule has 0 unspecified atom stereocenters. The highest BCUT2D eigenvalue weighted by Crippen LogP contribution is 2.19. The molecule has 2 aromatic rings. The van der Waals surface area contributed by atoms with E-state index in [-0.39, 0.29) is 5.91 Å². The van der Waals surface area contributed by atoms with Crippen LogP contribution in [0.3, 0.4) is 0 Å². The van der Waals surface area contributed by atoms with Gasteiger partial charge in [0.25, 0.3) is 5.91 Å². The lowest BCUT2D eigenvalue weighted by atomic mass is 10.2. The Labute approximate surface area is 115 Å². The zero-order chi connectivity index (χ0) is 13.0. The second-order valence-electron chi connectivity index (χ2n) is 3.82. The van der Waals surface area contributed by atoms with Gasteiger partial charge in [-0.15, -0.1) is 11.3 Å². The predicted octanol–water partition coefficient (Wildman–Crippen LogP) is 2.96. The number of rotatable bonds is 4. The van der Waals surface area contributed by atoms with E-state index < -0.39 is 0 Å². The number of hydrogen-bond donors (Lipinski definition) is 2. The molecule has 3 N–H and O–H groups in total. The third-order valence-electron chi connectivity index (χ3n) is 2.50. The highest BCUT2D eigenvalue weighted by atomic mass is 35.5. The van der Waals surface area contributed by atoms with Gasteiger partial charge in [-0.2, -0.15) is 0 Å². The van der Waals surface area contributed by atoms with Crippen LogP contribution in [-0.2, 0) is 6.42 Å². The van der Waals surface area contributed by atoms with Crippen molar-refractivity contribution in [2.45, 2.75) is 6.42 Å².